The summed E-state index contributed by atoms with van der Waals surface area (Å²) in [6.07, 6.45) is 0. The van der Waals surface area contributed by atoms with E-state index in [1.807, 2.05) is 19.9 Å². The Morgan fingerprint density at radius 2 is 1.70 bits per heavy atom. The third kappa shape index (κ3) is 3.17. The molecular formula is C17H20FNO. The van der Waals surface area contributed by atoms with E-state index in [2.05, 4.69) is 19.1 Å². The van der Waals surface area contributed by atoms with Crippen molar-refractivity contribution in [1.82, 2.24) is 0 Å². The molecule has 2 rings (SSSR count). The van der Waals surface area contributed by atoms with Gasteiger partial charge in [-0.25, -0.2) is 4.39 Å². The van der Waals surface area contributed by atoms with Gasteiger partial charge < -0.3 is 10.5 Å². The Balaban J connectivity index is 2.17. The van der Waals surface area contributed by atoms with Crippen molar-refractivity contribution >= 4 is 0 Å². The standard InChI is InChI=1S/C17H20FNO/c1-11-6-12(2)17(13(3)7-11)20-10-15-5-4-14(9-19)8-16(15)18/h4-8H,9-10,19H2,1-3H3. The van der Waals surface area contributed by atoms with Crippen LogP contribution >= 0.6 is 0 Å². The summed E-state index contributed by atoms with van der Waals surface area (Å²) < 4.78 is 19.7. The number of hydrogen-bond donors (Lipinski definition) is 1. The molecule has 0 spiro atoms. The highest BCUT2D eigenvalue weighted by Crippen LogP contribution is 2.25. The molecule has 0 atom stereocenters. The van der Waals surface area contributed by atoms with E-state index in [1.54, 1.807) is 6.07 Å². The first-order chi connectivity index (χ1) is 9.51. The van der Waals surface area contributed by atoms with Crippen LogP contribution in [0.5, 0.6) is 5.75 Å². The monoisotopic (exact) mass is 273 g/mol. The van der Waals surface area contributed by atoms with Gasteiger partial charge >= 0.3 is 0 Å². The van der Waals surface area contributed by atoms with Gasteiger partial charge in [-0.2, -0.15) is 0 Å². The van der Waals surface area contributed by atoms with Gasteiger partial charge in [-0.05, 0) is 43.5 Å². The summed E-state index contributed by atoms with van der Waals surface area (Å²) in [6, 6.07) is 9.16. The fraction of sp³-hybridized carbons (Fsp3) is 0.294. The van der Waals surface area contributed by atoms with Gasteiger partial charge in [0.2, 0.25) is 0 Å². The average Bonchev–Trinajstić information content (AvgIpc) is 2.39. The van der Waals surface area contributed by atoms with Crippen LogP contribution in [-0.4, -0.2) is 0 Å². The molecule has 0 saturated heterocycles. The molecule has 2 N–H and O–H groups in total. The maximum absolute atomic E-state index is 13.9. The van der Waals surface area contributed by atoms with Crippen LogP contribution in [0.3, 0.4) is 0 Å². The van der Waals surface area contributed by atoms with E-state index in [9.17, 15) is 4.39 Å². The van der Waals surface area contributed by atoms with Crippen LogP contribution < -0.4 is 10.5 Å². The minimum atomic E-state index is -0.268. The van der Waals surface area contributed by atoms with Crippen molar-refractivity contribution in [2.24, 2.45) is 5.73 Å². The summed E-state index contributed by atoms with van der Waals surface area (Å²) in [6.45, 7) is 6.62. The number of nitrogens with two attached hydrogens (primary N) is 1. The zero-order chi connectivity index (χ0) is 14.7. The molecule has 0 unspecified atom stereocenters. The fourth-order valence-electron chi connectivity index (χ4n) is 2.38. The minimum Gasteiger partial charge on any atom is -0.488 e. The maximum atomic E-state index is 13.9. The second kappa shape index (κ2) is 6.06. The molecule has 0 bridgehead atoms. The summed E-state index contributed by atoms with van der Waals surface area (Å²) in [5.74, 6) is 0.563. The molecule has 0 radical (unpaired) electrons. The van der Waals surface area contributed by atoms with Gasteiger partial charge in [0, 0.05) is 12.1 Å². The Morgan fingerprint density at radius 1 is 1.05 bits per heavy atom. The summed E-state index contributed by atoms with van der Waals surface area (Å²) in [5, 5.41) is 0. The topological polar surface area (TPSA) is 35.2 Å². The first-order valence-electron chi connectivity index (χ1n) is 6.69. The molecule has 2 aromatic carbocycles. The molecule has 0 aliphatic carbocycles. The second-order valence-electron chi connectivity index (χ2n) is 5.15. The molecule has 2 aromatic rings. The van der Waals surface area contributed by atoms with Crippen LogP contribution in [0, 0.1) is 26.6 Å². The Bertz CT molecular complexity index is 599. The number of benzene rings is 2. The van der Waals surface area contributed by atoms with Crippen LogP contribution in [0.2, 0.25) is 0 Å². The van der Waals surface area contributed by atoms with E-state index in [-0.39, 0.29) is 12.4 Å². The van der Waals surface area contributed by atoms with Gasteiger partial charge in [-0.3, -0.25) is 0 Å². The number of aryl methyl sites for hydroxylation is 3. The lowest BCUT2D eigenvalue weighted by Gasteiger charge is -2.14. The SMILES string of the molecule is Cc1cc(C)c(OCc2ccc(CN)cc2F)c(C)c1. The van der Waals surface area contributed by atoms with E-state index in [1.165, 1.54) is 11.6 Å². The van der Waals surface area contributed by atoms with Gasteiger partial charge in [0.1, 0.15) is 18.2 Å². The Kier molecular flexibility index (Phi) is 4.40. The largest absolute Gasteiger partial charge is 0.488 e. The van der Waals surface area contributed by atoms with Crippen molar-refractivity contribution in [1.29, 1.82) is 0 Å². The zero-order valence-corrected chi connectivity index (χ0v) is 12.2. The van der Waals surface area contributed by atoms with Crippen molar-refractivity contribution in [2.45, 2.75) is 33.9 Å². The van der Waals surface area contributed by atoms with E-state index in [0.29, 0.717) is 12.1 Å². The molecule has 0 saturated carbocycles. The number of hydrogen-bond acceptors (Lipinski definition) is 2. The second-order valence-corrected chi connectivity index (χ2v) is 5.15. The normalized spacial score (nSPS) is 10.7. The maximum Gasteiger partial charge on any atom is 0.130 e. The number of ether oxygens (including phenoxy) is 1. The van der Waals surface area contributed by atoms with Crippen LogP contribution in [0.25, 0.3) is 0 Å². The van der Waals surface area contributed by atoms with Gasteiger partial charge in [-0.15, -0.1) is 0 Å². The zero-order valence-electron chi connectivity index (χ0n) is 12.2. The fourth-order valence-corrected chi connectivity index (χ4v) is 2.38. The molecule has 0 amide bonds. The molecule has 0 aliphatic heterocycles. The van der Waals surface area contributed by atoms with Crippen molar-refractivity contribution in [3.8, 4) is 5.75 Å². The highest BCUT2D eigenvalue weighted by molar-refractivity contribution is 5.43. The number of halogens is 1. The molecule has 106 valence electrons. The van der Waals surface area contributed by atoms with Crippen molar-refractivity contribution < 1.29 is 9.13 Å². The third-order valence-electron chi connectivity index (χ3n) is 3.33. The van der Waals surface area contributed by atoms with Crippen LogP contribution in [-0.2, 0) is 13.2 Å². The molecule has 20 heavy (non-hydrogen) atoms. The molecule has 0 aromatic heterocycles. The predicted molar refractivity (Wildman–Crippen MR) is 79.3 cm³/mol. The van der Waals surface area contributed by atoms with Crippen LogP contribution in [0.15, 0.2) is 30.3 Å². The first-order valence-corrected chi connectivity index (χ1v) is 6.69. The molecular weight excluding hydrogens is 253 g/mol. The van der Waals surface area contributed by atoms with E-state index in [4.69, 9.17) is 10.5 Å². The summed E-state index contributed by atoms with van der Waals surface area (Å²) >= 11 is 0. The molecule has 0 aliphatic rings. The summed E-state index contributed by atoms with van der Waals surface area (Å²) in [5.41, 5.74) is 10.2. The first kappa shape index (κ1) is 14.5. The molecule has 3 heteroatoms. The average molecular weight is 273 g/mol. The van der Waals surface area contributed by atoms with Crippen molar-refractivity contribution in [3.05, 3.63) is 64.0 Å². The number of rotatable bonds is 4. The highest BCUT2D eigenvalue weighted by atomic mass is 19.1. The van der Waals surface area contributed by atoms with E-state index < -0.39 is 0 Å². The smallest absolute Gasteiger partial charge is 0.130 e. The lowest BCUT2D eigenvalue weighted by atomic mass is 10.1. The Hall–Kier alpha value is -1.87. The minimum absolute atomic E-state index is 0.224. The Labute approximate surface area is 119 Å². The van der Waals surface area contributed by atoms with Gasteiger partial charge in [0.05, 0.1) is 0 Å². The molecule has 0 heterocycles. The van der Waals surface area contributed by atoms with Crippen LogP contribution in [0.1, 0.15) is 27.8 Å². The molecule has 2 nitrogen and oxygen atoms in total. The quantitative estimate of drug-likeness (QED) is 0.920. The van der Waals surface area contributed by atoms with E-state index >= 15 is 0 Å². The van der Waals surface area contributed by atoms with E-state index in [0.717, 1.165) is 22.4 Å². The molecule has 0 fully saturated rings. The predicted octanol–water partition coefficient (Wildman–Crippen LogP) is 3.79. The van der Waals surface area contributed by atoms with Crippen LogP contribution in [0.4, 0.5) is 4.39 Å². The van der Waals surface area contributed by atoms with Crippen molar-refractivity contribution in [3.63, 3.8) is 0 Å². The van der Waals surface area contributed by atoms with Gasteiger partial charge in [0.15, 0.2) is 0 Å². The third-order valence-corrected chi connectivity index (χ3v) is 3.33. The van der Waals surface area contributed by atoms with Crippen molar-refractivity contribution in [2.75, 3.05) is 0 Å². The highest BCUT2D eigenvalue weighted by Gasteiger charge is 2.08. The summed E-state index contributed by atoms with van der Waals surface area (Å²) in [7, 11) is 0. The summed E-state index contributed by atoms with van der Waals surface area (Å²) in [4.78, 5) is 0. The lowest BCUT2D eigenvalue weighted by molar-refractivity contribution is 0.295. The Morgan fingerprint density at radius 3 is 2.25 bits per heavy atom. The van der Waals surface area contributed by atoms with Gasteiger partial charge in [-0.1, -0.05) is 29.8 Å². The van der Waals surface area contributed by atoms with Gasteiger partial charge in [0.25, 0.3) is 0 Å². The lowest BCUT2D eigenvalue weighted by Crippen LogP contribution is -2.03.